The molecule has 0 unspecified atom stereocenters. The molecule has 6 heteroatoms. The lowest BCUT2D eigenvalue weighted by atomic mass is 9.79. The lowest BCUT2D eigenvalue weighted by Crippen LogP contribution is -2.54. The molecule has 0 radical (unpaired) electrons. The molecular formula is C26H29N3O2S. The molecule has 2 aromatic carbocycles. The first-order chi connectivity index (χ1) is 15.1. The van der Waals surface area contributed by atoms with Crippen LogP contribution in [0, 0.1) is 6.92 Å². The van der Waals surface area contributed by atoms with E-state index < -0.39 is 11.8 Å². The Hall–Kier alpha value is -2.99. The first kappa shape index (κ1) is 22.2. The predicted octanol–water partition coefficient (Wildman–Crippen LogP) is 4.94. The van der Waals surface area contributed by atoms with Crippen LogP contribution < -0.4 is 15.1 Å². The number of hydrogen-bond donors (Lipinski definition) is 1. The standard InChI is InChI=1S/C26H29N3O2S/c1-6-28-22-12-9-18(13-20(22)17(3)15-26(28,4)5)14-21-23(30)27-25(32)29(24(21)31)19-10-7-16(2)8-11-19/h7-14,17H,6,15H2,1-5H3,(H,27,30,32)/b21-14+/t17-/m1/s1. The van der Waals surface area contributed by atoms with Gasteiger partial charge in [0.15, 0.2) is 5.11 Å². The summed E-state index contributed by atoms with van der Waals surface area (Å²) in [4.78, 5) is 29.7. The fourth-order valence-electron chi connectivity index (χ4n) is 4.95. The molecule has 5 nitrogen and oxygen atoms in total. The molecule has 2 aliphatic heterocycles. The number of fused-ring (bicyclic) bond motifs is 1. The van der Waals surface area contributed by atoms with Gasteiger partial charge in [0, 0.05) is 17.8 Å². The van der Waals surface area contributed by atoms with Crippen LogP contribution >= 0.6 is 12.2 Å². The van der Waals surface area contributed by atoms with Crippen LogP contribution in [0.4, 0.5) is 11.4 Å². The van der Waals surface area contributed by atoms with Crippen molar-refractivity contribution in [3.63, 3.8) is 0 Å². The molecule has 4 rings (SSSR count). The number of hydrogen-bond acceptors (Lipinski definition) is 4. The molecule has 2 heterocycles. The Morgan fingerprint density at radius 3 is 2.50 bits per heavy atom. The maximum Gasteiger partial charge on any atom is 0.270 e. The molecule has 2 aromatic rings. The summed E-state index contributed by atoms with van der Waals surface area (Å²) in [5.41, 5.74) is 5.19. The molecule has 1 fully saturated rings. The van der Waals surface area contributed by atoms with Gasteiger partial charge in [0.25, 0.3) is 11.8 Å². The van der Waals surface area contributed by atoms with Gasteiger partial charge in [0.05, 0.1) is 5.69 Å². The fraction of sp³-hybridized carbons (Fsp3) is 0.346. The van der Waals surface area contributed by atoms with Crippen molar-refractivity contribution in [2.45, 2.75) is 52.5 Å². The number of nitrogens with one attached hydrogen (secondary N) is 1. The second-order valence-electron chi connectivity index (χ2n) is 9.27. The van der Waals surface area contributed by atoms with E-state index in [1.54, 1.807) is 6.08 Å². The fourth-order valence-corrected chi connectivity index (χ4v) is 5.23. The molecule has 0 aromatic heterocycles. The Bertz CT molecular complexity index is 1130. The molecule has 1 atom stereocenters. The average molecular weight is 448 g/mol. The van der Waals surface area contributed by atoms with Crippen LogP contribution in [0.2, 0.25) is 0 Å². The topological polar surface area (TPSA) is 52.7 Å². The molecule has 0 bridgehead atoms. The molecular weight excluding hydrogens is 418 g/mol. The van der Waals surface area contributed by atoms with Crippen LogP contribution in [0.25, 0.3) is 6.08 Å². The minimum atomic E-state index is -0.467. The third kappa shape index (κ3) is 3.84. The van der Waals surface area contributed by atoms with Crippen molar-refractivity contribution in [2.24, 2.45) is 0 Å². The molecule has 1 N–H and O–H groups in total. The number of aryl methyl sites for hydroxylation is 1. The SMILES string of the molecule is CCN1c2ccc(/C=C3\C(=O)NC(=S)N(c4ccc(C)cc4)C3=O)cc2[C@H](C)CC1(C)C. The van der Waals surface area contributed by atoms with Crippen molar-refractivity contribution in [3.8, 4) is 0 Å². The molecule has 0 aliphatic carbocycles. The summed E-state index contributed by atoms with van der Waals surface area (Å²) in [5.74, 6) is -0.496. The molecule has 166 valence electrons. The van der Waals surface area contributed by atoms with Gasteiger partial charge in [0.1, 0.15) is 5.57 Å². The van der Waals surface area contributed by atoms with E-state index in [4.69, 9.17) is 12.2 Å². The zero-order chi connectivity index (χ0) is 23.2. The maximum atomic E-state index is 13.3. The summed E-state index contributed by atoms with van der Waals surface area (Å²) in [6, 6.07) is 13.7. The lowest BCUT2D eigenvalue weighted by molar-refractivity contribution is -0.122. The number of carbonyl (C=O) groups excluding carboxylic acids is 2. The number of anilines is 2. The van der Waals surface area contributed by atoms with Gasteiger partial charge in [-0.2, -0.15) is 0 Å². The van der Waals surface area contributed by atoms with Crippen LogP contribution in [0.1, 0.15) is 56.7 Å². The second kappa shape index (κ2) is 8.17. The third-order valence-corrected chi connectivity index (χ3v) is 6.72. The van der Waals surface area contributed by atoms with Gasteiger partial charge in [-0.1, -0.05) is 30.7 Å². The van der Waals surface area contributed by atoms with Crippen LogP contribution in [-0.2, 0) is 9.59 Å². The predicted molar refractivity (Wildman–Crippen MR) is 134 cm³/mol. The lowest BCUT2D eigenvalue weighted by Gasteiger charge is -2.47. The summed E-state index contributed by atoms with van der Waals surface area (Å²) >= 11 is 5.30. The Labute approximate surface area is 195 Å². The van der Waals surface area contributed by atoms with Crippen LogP contribution in [0.5, 0.6) is 0 Å². The number of rotatable bonds is 3. The number of amides is 2. The highest BCUT2D eigenvalue weighted by Crippen LogP contribution is 2.43. The molecule has 2 aliphatic rings. The van der Waals surface area contributed by atoms with Crippen molar-refractivity contribution >= 4 is 46.6 Å². The Balaban J connectivity index is 1.72. The first-order valence-electron chi connectivity index (χ1n) is 11.0. The van der Waals surface area contributed by atoms with E-state index in [0.29, 0.717) is 11.6 Å². The molecule has 2 amide bonds. The quantitative estimate of drug-likeness (QED) is 0.411. The van der Waals surface area contributed by atoms with Gasteiger partial charge in [-0.05, 0) is 93.7 Å². The van der Waals surface area contributed by atoms with Gasteiger partial charge in [-0.25, -0.2) is 0 Å². The number of benzene rings is 2. The zero-order valence-corrected chi connectivity index (χ0v) is 20.0. The van der Waals surface area contributed by atoms with E-state index in [9.17, 15) is 9.59 Å². The largest absolute Gasteiger partial charge is 0.366 e. The zero-order valence-electron chi connectivity index (χ0n) is 19.2. The molecule has 0 spiro atoms. The van der Waals surface area contributed by atoms with Crippen molar-refractivity contribution in [3.05, 3.63) is 64.7 Å². The monoisotopic (exact) mass is 447 g/mol. The van der Waals surface area contributed by atoms with Gasteiger partial charge in [0.2, 0.25) is 0 Å². The van der Waals surface area contributed by atoms with E-state index in [1.807, 2.05) is 37.3 Å². The van der Waals surface area contributed by atoms with Crippen LogP contribution in [0.3, 0.4) is 0 Å². The third-order valence-electron chi connectivity index (χ3n) is 6.43. The van der Waals surface area contributed by atoms with Gasteiger partial charge < -0.3 is 4.90 Å². The summed E-state index contributed by atoms with van der Waals surface area (Å²) < 4.78 is 0. The highest BCUT2D eigenvalue weighted by molar-refractivity contribution is 7.80. The van der Waals surface area contributed by atoms with E-state index in [0.717, 1.165) is 24.1 Å². The number of nitrogens with zero attached hydrogens (tertiary/aromatic N) is 2. The van der Waals surface area contributed by atoms with Crippen LogP contribution in [0.15, 0.2) is 48.0 Å². The van der Waals surface area contributed by atoms with Gasteiger partial charge in [-0.15, -0.1) is 0 Å². The highest BCUT2D eigenvalue weighted by atomic mass is 32.1. The highest BCUT2D eigenvalue weighted by Gasteiger charge is 2.36. The summed E-state index contributed by atoms with van der Waals surface area (Å²) in [5, 5.41) is 2.76. The average Bonchev–Trinajstić information content (AvgIpc) is 2.72. The van der Waals surface area contributed by atoms with E-state index >= 15 is 0 Å². The van der Waals surface area contributed by atoms with E-state index in [-0.39, 0.29) is 16.2 Å². The van der Waals surface area contributed by atoms with E-state index in [2.05, 4.69) is 50.0 Å². The minimum Gasteiger partial charge on any atom is -0.366 e. The Morgan fingerprint density at radius 1 is 1.16 bits per heavy atom. The minimum absolute atomic E-state index is 0.0789. The maximum absolute atomic E-state index is 13.3. The number of carbonyl (C=O) groups is 2. The van der Waals surface area contributed by atoms with Crippen molar-refractivity contribution in [2.75, 3.05) is 16.3 Å². The van der Waals surface area contributed by atoms with Crippen molar-refractivity contribution < 1.29 is 9.59 Å². The van der Waals surface area contributed by atoms with Crippen molar-refractivity contribution in [1.29, 1.82) is 0 Å². The molecule has 32 heavy (non-hydrogen) atoms. The normalized spacial score (nSPS) is 21.6. The van der Waals surface area contributed by atoms with E-state index in [1.165, 1.54) is 16.2 Å². The Morgan fingerprint density at radius 2 is 1.84 bits per heavy atom. The molecule has 1 saturated heterocycles. The Kier molecular flexibility index (Phi) is 5.67. The number of thiocarbonyl (C=S) groups is 1. The molecule has 0 saturated carbocycles. The van der Waals surface area contributed by atoms with Gasteiger partial charge >= 0.3 is 0 Å². The van der Waals surface area contributed by atoms with Gasteiger partial charge in [-0.3, -0.25) is 19.8 Å². The van der Waals surface area contributed by atoms with Crippen LogP contribution in [-0.4, -0.2) is 29.0 Å². The summed E-state index contributed by atoms with van der Waals surface area (Å²) in [7, 11) is 0. The smallest absolute Gasteiger partial charge is 0.270 e. The second-order valence-corrected chi connectivity index (χ2v) is 9.66. The van der Waals surface area contributed by atoms with Crippen molar-refractivity contribution in [1.82, 2.24) is 5.32 Å². The summed E-state index contributed by atoms with van der Waals surface area (Å²) in [6.45, 7) is 11.9. The first-order valence-corrected chi connectivity index (χ1v) is 11.4. The summed E-state index contributed by atoms with van der Waals surface area (Å²) in [6.07, 6.45) is 2.71.